The maximum atomic E-state index is 11.8. The van der Waals surface area contributed by atoms with Crippen LogP contribution in [0.2, 0.25) is 0 Å². The molecule has 2 rings (SSSR count). The molecule has 23 heavy (non-hydrogen) atoms. The average molecular weight is 314 g/mol. The molecule has 0 aliphatic carbocycles. The molecule has 0 radical (unpaired) electrons. The van der Waals surface area contributed by atoms with Crippen LogP contribution in [0, 0.1) is 0 Å². The molecular formula is C18H22N2O3. The van der Waals surface area contributed by atoms with E-state index in [1.165, 1.54) is 0 Å². The van der Waals surface area contributed by atoms with E-state index in [0.717, 1.165) is 17.5 Å². The normalized spacial score (nSPS) is 10.0. The van der Waals surface area contributed by atoms with E-state index in [1.54, 1.807) is 14.2 Å². The highest BCUT2D eigenvalue weighted by Gasteiger charge is 2.05. The summed E-state index contributed by atoms with van der Waals surface area (Å²) >= 11 is 0. The van der Waals surface area contributed by atoms with Gasteiger partial charge in [-0.15, -0.1) is 0 Å². The lowest BCUT2D eigenvalue weighted by Crippen LogP contribution is -2.36. The van der Waals surface area contributed by atoms with E-state index in [4.69, 9.17) is 9.47 Å². The molecule has 0 bridgehead atoms. The Hall–Kier alpha value is -2.69. The quantitative estimate of drug-likeness (QED) is 0.826. The van der Waals surface area contributed by atoms with Crippen molar-refractivity contribution >= 4 is 6.03 Å². The molecule has 0 aliphatic heterocycles. The van der Waals surface area contributed by atoms with Gasteiger partial charge in [0.15, 0.2) is 11.5 Å². The van der Waals surface area contributed by atoms with Crippen LogP contribution in [0.4, 0.5) is 4.79 Å². The molecule has 2 aromatic carbocycles. The van der Waals surface area contributed by atoms with E-state index >= 15 is 0 Å². The minimum absolute atomic E-state index is 0.172. The SMILES string of the molecule is COc1ccc(CCNC(=O)NCc2ccccc2)cc1OC. The van der Waals surface area contributed by atoms with E-state index < -0.39 is 0 Å². The Kier molecular flexibility index (Phi) is 6.29. The summed E-state index contributed by atoms with van der Waals surface area (Å²) in [5.41, 5.74) is 2.15. The Bertz CT molecular complexity index is 629. The smallest absolute Gasteiger partial charge is 0.315 e. The lowest BCUT2D eigenvalue weighted by atomic mass is 10.1. The predicted molar refractivity (Wildman–Crippen MR) is 89.9 cm³/mol. The zero-order valence-corrected chi connectivity index (χ0v) is 13.5. The molecule has 5 nitrogen and oxygen atoms in total. The number of amides is 2. The number of hydrogen-bond donors (Lipinski definition) is 2. The molecular weight excluding hydrogens is 292 g/mol. The second-order valence-corrected chi connectivity index (χ2v) is 5.03. The number of methoxy groups -OCH3 is 2. The number of nitrogens with one attached hydrogen (secondary N) is 2. The van der Waals surface area contributed by atoms with Crippen molar-refractivity contribution in [3.8, 4) is 11.5 Å². The van der Waals surface area contributed by atoms with Crippen LogP contribution in [0.1, 0.15) is 11.1 Å². The predicted octanol–water partition coefficient (Wildman–Crippen LogP) is 2.75. The first-order chi connectivity index (χ1) is 11.2. The van der Waals surface area contributed by atoms with Gasteiger partial charge in [0.05, 0.1) is 14.2 Å². The molecule has 0 atom stereocenters. The van der Waals surface area contributed by atoms with Crippen LogP contribution in [0.3, 0.4) is 0 Å². The van der Waals surface area contributed by atoms with Gasteiger partial charge >= 0.3 is 6.03 Å². The van der Waals surface area contributed by atoms with Gasteiger partial charge in [-0.2, -0.15) is 0 Å². The number of urea groups is 1. The van der Waals surface area contributed by atoms with Gasteiger partial charge in [-0.25, -0.2) is 4.79 Å². The number of carbonyl (C=O) groups excluding carboxylic acids is 1. The molecule has 122 valence electrons. The van der Waals surface area contributed by atoms with Gasteiger partial charge in [0.1, 0.15) is 0 Å². The maximum Gasteiger partial charge on any atom is 0.315 e. The van der Waals surface area contributed by atoms with Crippen LogP contribution in [0.15, 0.2) is 48.5 Å². The van der Waals surface area contributed by atoms with Crippen molar-refractivity contribution in [3.63, 3.8) is 0 Å². The molecule has 0 aliphatic rings. The highest BCUT2D eigenvalue weighted by molar-refractivity contribution is 5.73. The lowest BCUT2D eigenvalue weighted by Gasteiger charge is -2.10. The molecule has 0 unspecified atom stereocenters. The summed E-state index contributed by atoms with van der Waals surface area (Å²) < 4.78 is 10.5. The van der Waals surface area contributed by atoms with Gasteiger partial charge in [-0.3, -0.25) is 0 Å². The summed E-state index contributed by atoms with van der Waals surface area (Å²) in [6, 6.07) is 15.4. The molecule has 0 saturated carbocycles. The monoisotopic (exact) mass is 314 g/mol. The topological polar surface area (TPSA) is 59.6 Å². The summed E-state index contributed by atoms with van der Waals surface area (Å²) in [4.78, 5) is 11.8. The van der Waals surface area contributed by atoms with E-state index in [-0.39, 0.29) is 6.03 Å². The van der Waals surface area contributed by atoms with E-state index in [0.29, 0.717) is 24.6 Å². The Balaban J connectivity index is 1.75. The number of benzene rings is 2. The largest absolute Gasteiger partial charge is 0.493 e. The third-order valence-electron chi connectivity index (χ3n) is 3.44. The Morgan fingerprint density at radius 3 is 2.35 bits per heavy atom. The van der Waals surface area contributed by atoms with E-state index in [2.05, 4.69) is 10.6 Å². The van der Waals surface area contributed by atoms with Gasteiger partial charge in [0, 0.05) is 13.1 Å². The number of hydrogen-bond acceptors (Lipinski definition) is 3. The number of ether oxygens (including phenoxy) is 2. The highest BCUT2D eigenvalue weighted by atomic mass is 16.5. The molecule has 5 heteroatoms. The van der Waals surface area contributed by atoms with E-state index in [9.17, 15) is 4.79 Å². The van der Waals surface area contributed by atoms with Crippen LogP contribution in [-0.4, -0.2) is 26.8 Å². The fourth-order valence-corrected chi connectivity index (χ4v) is 2.20. The maximum absolute atomic E-state index is 11.8. The summed E-state index contributed by atoms with van der Waals surface area (Å²) in [6.07, 6.45) is 0.721. The summed E-state index contributed by atoms with van der Waals surface area (Å²) in [5.74, 6) is 1.39. The van der Waals surface area contributed by atoms with Crippen LogP contribution in [0.5, 0.6) is 11.5 Å². The first-order valence-electron chi connectivity index (χ1n) is 7.49. The molecule has 2 aromatic rings. The van der Waals surface area contributed by atoms with Crippen molar-refractivity contribution < 1.29 is 14.3 Å². The molecule has 0 fully saturated rings. The second-order valence-electron chi connectivity index (χ2n) is 5.03. The summed E-state index contributed by atoms with van der Waals surface area (Å²) in [7, 11) is 3.22. The first-order valence-corrected chi connectivity index (χ1v) is 7.49. The summed E-state index contributed by atoms with van der Waals surface area (Å²) in [5, 5.41) is 5.68. The summed E-state index contributed by atoms with van der Waals surface area (Å²) in [6.45, 7) is 1.07. The van der Waals surface area contributed by atoms with Crippen molar-refractivity contribution in [1.29, 1.82) is 0 Å². The third-order valence-corrected chi connectivity index (χ3v) is 3.44. The van der Waals surface area contributed by atoms with Crippen molar-refractivity contribution in [2.24, 2.45) is 0 Å². The third kappa shape index (κ3) is 5.21. The van der Waals surface area contributed by atoms with Crippen molar-refractivity contribution in [3.05, 3.63) is 59.7 Å². The van der Waals surface area contributed by atoms with Gasteiger partial charge in [0.25, 0.3) is 0 Å². The van der Waals surface area contributed by atoms with Crippen LogP contribution < -0.4 is 20.1 Å². The molecule has 0 aromatic heterocycles. The average Bonchev–Trinajstić information content (AvgIpc) is 2.60. The zero-order chi connectivity index (χ0) is 16.5. The Morgan fingerprint density at radius 2 is 1.65 bits per heavy atom. The second kappa shape index (κ2) is 8.68. The molecule has 2 N–H and O–H groups in total. The van der Waals surface area contributed by atoms with Gasteiger partial charge in [-0.05, 0) is 29.7 Å². The van der Waals surface area contributed by atoms with Crippen molar-refractivity contribution in [1.82, 2.24) is 10.6 Å². The lowest BCUT2D eigenvalue weighted by molar-refractivity contribution is 0.240. The van der Waals surface area contributed by atoms with Crippen LogP contribution >= 0.6 is 0 Å². The van der Waals surface area contributed by atoms with Crippen molar-refractivity contribution in [2.45, 2.75) is 13.0 Å². The fraction of sp³-hybridized carbons (Fsp3) is 0.278. The molecule has 0 spiro atoms. The molecule has 0 heterocycles. The molecule has 2 amide bonds. The Morgan fingerprint density at radius 1 is 0.913 bits per heavy atom. The van der Waals surface area contributed by atoms with Crippen molar-refractivity contribution in [2.75, 3.05) is 20.8 Å². The number of carbonyl (C=O) groups is 1. The van der Waals surface area contributed by atoms with E-state index in [1.807, 2.05) is 48.5 Å². The van der Waals surface area contributed by atoms with Gasteiger partial charge in [0.2, 0.25) is 0 Å². The van der Waals surface area contributed by atoms with Gasteiger partial charge < -0.3 is 20.1 Å². The fourth-order valence-electron chi connectivity index (χ4n) is 2.20. The van der Waals surface area contributed by atoms with Crippen LogP contribution in [0.25, 0.3) is 0 Å². The first kappa shape index (κ1) is 16.7. The minimum Gasteiger partial charge on any atom is -0.493 e. The number of rotatable bonds is 7. The highest BCUT2D eigenvalue weighted by Crippen LogP contribution is 2.27. The molecule has 0 saturated heterocycles. The standard InChI is InChI=1S/C18H22N2O3/c1-22-16-9-8-14(12-17(16)23-2)10-11-19-18(21)20-13-15-6-4-3-5-7-15/h3-9,12H,10-11,13H2,1-2H3,(H2,19,20,21). The Labute approximate surface area is 136 Å². The van der Waals surface area contributed by atoms with Gasteiger partial charge in [-0.1, -0.05) is 36.4 Å². The minimum atomic E-state index is -0.172. The zero-order valence-electron chi connectivity index (χ0n) is 13.5. The van der Waals surface area contributed by atoms with Crippen LogP contribution in [-0.2, 0) is 13.0 Å².